The van der Waals surface area contributed by atoms with Crippen molar-refractivity contribution in [3.05, 3.63) is 53.6 Å². The number of nitrogens with zero attached hydrogens (tertiary/aromatic N) is 1. The fourth-order valence-corrected chi connectivity index (χ4v) is 2.30. The first-order valence-electron chi connectivity index (χ1n) is 9.13. The third kappa shape index (κ3) is 6.33. The molecule has 144 valence electrons. The number of rotatable bonds is 10. The molecule has 0 bridgehead atoms. The van der Waals surface area contributed by atoms with Crippen LogP contribution in [0, 0.1) is 0 Å². The lowest BCUT2D eigenvalue weighted by atomic mass is 10.2. The van der Waals surface area contributed by atoms with Gasteiger partial charge in [0, 0.05) is 5.56 Å². The predicted molar refractivity (Wildman–Crippen MR) is 106 cm³/mol. The first kappa shape index (κ1) is 20.3. The lowest BCUT2D eigenvalue weighted by molar-refractivity contribution is 0.0955. The molecule has 2 aromatic rings. The average Bonchev–Trinajstić information content (AvgIpc) is 2.69. The minimum atomic E-state index is -0.288. The molecular weight excluding hydrogens is 344 g/mol. The summed E-state index contributed by atoms with van der Waals surface area (Å²) >= 11 is 0. The number of benzene rings is 2. The van der Waals surface area contributed by atoms with Gasteiger partial charge in [-0.25, -0.2) is 5.43 Å². The van der Waals surface area contributed by atoms with Crippen LogP contribution in [0.5, 0.6) is 17.2 Å². The van der Waals surface area contributed by atoms with E-state index in [-0.39, 0.29) is 5.91 Å². The molecule has 0 atom stereocenters. The summed E-state index contributed by atoms with van der Waals surface area (Å²) in [5.41, 5.74) is 3.83. The van der Waals surface area contributed by atoms with Crippen molar-refractivity contribution in [2.45, 2.75) is 27.2 Å². The molecule has 6 nitrogen and oxygen atoms in total. The van der Waals surface area contributed by atoms with Crippen molar-refractivity contribution < 1.29 is 19.0 Å². The molecule has 0 aromatic heterocycles. The molecule has 0 aliphatic heterocycles. The van der Waals surface area contributed by atoms with Crippen molar-refractivity contribution >= 4 is 12.1 Å². The summed E-state index contributed by atoms with van der Waals surface area (Å²) in [6.07, 6.45) is 2.50. The van der Waals surface area contributed by atoms with Gasteiger partial charge >= 0.3 is 0 Å². The van der Waals surface area contributed by atoms with Crippen LogP contribution in [0.1, 0.15) is 43.1 Å². The molecule has 2 aromatic carbocycles. The van der Waals surface area contributed by atoms with Crippen molar-refractivity contribution in [3.63, 3.8) is 0 Å². The van der Waals surface area contributed by atoms with Crippen LogP contribution in [0.2, 0.25) is 0 Å². The highest BCUT2D eigenvalue weighted by Gasteiger charge is 2.06. The lowest BCUT2D eigenvalue weighted by Gasteiger charge is -2.11. The Bertz CT molecular complexity index is 757. The summed E-state index contributed by atoms with van der Waals surface area (Å²) in [4.78, 5) is 12.2. The number of hydrazone groups is 1. The zero-order valence-electron chi connectivity index (χ0n) is 16.0. The van der Waals surface area contributed by atoms with Crippen LogP contribution in [0.15, 0.2) is 47.6 Å². The summed E-state index contributed by atoms with van der Waals surface area (Å²) in [6, 6.07) is 12.5. The molecule has 2 rings (SSSR count). The molecule has 27 heavy (non-hydrogen) atoms. The van der Waals surface area contributed by atoms with Crippen LogP contribution in [-0.4, -0.2) is 31.9 Å². The third-order valence-electron chi connectivity index (χ3n) is 3.54. The molecule has 0 radical (unpaired) electrons. The molecule has 1 amide bonds. The second-order valence-corrected chi connectivity index (χ2v) is 5.64. The minimum absolute atomic E-state index is 0.288. The molecule has 0 saturated carbocycles. The van der Waals surface area contributed by atoms with Gasteiger partial charge < -0.3 is 14.2 Å². The highest BCUT2D eigenvalue weighted by atomic mass is 16.5. The summed E-state index contributed by atoms with van der Waals surface area (Å²) in [6.45, 7) is 7.63. The van der Waals surface area contributed by atoms with Gasteiger partial charge in [-0.1, -0.05) is 6.92 Å². The Morgan fingerprint density at radius 3 is 2.33 bits per heavy atom. The monoisotopic (exact) mass is 370 g/mol. The fraction of sp³-hybridized carbons (Fsp3) is 0.333. The van der Waals surface area contributed by atoms with Gasteiger partial charge in [-0.15, -0.1) is 0 Å². The van der Waals surface area contributed by atoms with E-state index in [0.29, 0.717) is 36.9 Å². The Kier molecular flexibility index (Phi) is 8.16. The van der Waals surface area contributed by atoms with Gasteiger partial charge in [-0.2, -0.15) is 5.10 Å². The van der Waals surface area contributed by atoms with E-state index in [1.165, 1.54) is 0 Å². The third-order valence-corrected chi connectivity index (χ3v) is 3.54. The Labute approximate surface area is 160 Å². The molecule has 1 N–H and O–H groups in total. The van der Waals surface area contributed by atoms with Crippen molar-refractivity contribution in [2.75, 3.05) is 19.8 Å². The van der Waals surface area contributed by atoms with Gasteiger partial charge in [0.25, 0.3) is 5.91 Å². The predicted octanol–water partition coefficient (Wildman–Crippen LogP) is 4.04. The maximum Gasteiger partial charge on any atom is 0.271 e. The van der Waals surface area contributed by atoms with Crippen molar-refractivity contribution in [1.82, 2.24) is 5.43 Å². The van der Waals surface area contributed by atoms with Crippen LogP contribution in [-0.2, 0) is 0 Å². The smallest absolute Gasteiger partial charge is 0.271 e. The highest BCUT2D eigenvalue weighted by molar-refractivity contribution is 5.95. The van der Waals surface area contributed by atoms with Crippen LogP contribution in [0.4, 0.5) is 0 Å². The summed E-state index contributed by atoms with van der Waals surface area (Å²) in [5, 5.41) is 4.01. The maximum atomic E-state index is 12.2. The van der Waals surface area contributed by atoms with E-state index < -0.39 is 0 Å². The van der Waals surface area contributed by atoms with Crippen LogP contribution in [0.25, 0.3) is 0 Å². The van der Waals surface area contributed by atoms with Gasteiger partial charge in [0.05, 0.1) is 26.0 Å². The number of carbonyl (C=O) groups is 1. The van der Waals surface area contributed by atoms with Crippen molar-refractivity contribution in [3.8, 4) is 17.2 Å². The number of carbonyl (C=O) groups excluding carboxylic acids is 1. The van der Waals surface area contributed by atoms with E-state index in [9.17, 15) is 4.79 Å². The van der Waals surface area contributed by atoms with Gasteiger partial charge in [0.1, 0.15) is 5.75 Å². The van der Waals surface area contributed by atoms with E-state index >= 15 is 0 Å². The van der Waals surface area contributed by atoms with Crippen LogP contribution in [0.3, 0.4) is 0 Å². The summed E-state index contributed by atoms with van der Waals surface area (Å²) in [7, 11) is 0. The van der Waals surface area contributed by atoms with E-state index in [1.54, 1.807) is 30.5 Å². The van der Waals surface area contributed by atoms with Crippen LogP contribution >= 0.6 is 0 Å². The first-order valence-corrected chi connectivity index (χ1v) is 9.13. The Morgan fingerprint density at radius 2 is 1.67 bits per heavy atom. The van der Waals surface area contributed by atoms with Crippen LogP contribution < -0.4 is 19.6 Å². The lowest BCUT2D eigenvalue weighted by Crippen LogP contribution is -2.17. The quantitative estimate of drug-likeness (QED) is 0.506. The van der Waals surface area contributed by atoms with Crippen molar-refractivity contribution in [1.29, 1.82) is 0 Å². The second kappa shape index (κ2) is 10.9. The molecule has 0 heterocycles. The topological polar surface area (TPSA) is 69.2 Å². The Balaban J connectivity index is 1.97. The zero-order chi connectivity index (χ0) is 19.5. The SMILES string of the molecule is CCCOc1ccc(C(=O)N/N=C\c2ccc(OCC)c(OCC)c2)cc1. The van der Waals surface area contributed by atoms with Gasteiger partial charge in [-0.3, -0.25) is 4.79 Å². The molecule has 0 spiro atoms. The zero-order valence-corrected chi connectivity index (χ0v) is 16.0. The number of hydrogen-bond donors (Lipinski definition) is 1. The minimum Gasteiger partial charge on any atom is -0.494 e. The molecule has 0 aliphatic carbocycles. The molecular formula is C21H26N2O4. The normalized spacial score (nSPS) is 10.6. The van der Waals surface area contributed by atoms with Gasteiger partial charge in [0.15, 0.2) is 11.5 Å². The largest absolute Gasteiger partial charge is 0.494 e. The standard InChI is InChI=1S/C21H26N2O4/c1-4-13-27-18-10-8-17(9-11-18)21(24)23-22-15-16-7-12-19(25-5-2)20(14-16)26-6-3/h7-12,14-15H,4-6,13H2,1-3H3,(H,23,24)/b22-15-. The van der Waals surface area contributed by atoms with E-state index in [2.05, 4.69) is 10.5 Å². The molecule has 0 aliphatic rings. The highest BCUT2D eigenvalue weighted by Crippen LogP contribution is 2.27. The molecule has 0 unspecified atom stereocenters. The van der Waals surface area contributed by atoms with Gasteiger partial charge in [0.2, 0.25) is 0 Å². The average molecular weight is 370 g/mol. The Morgan fingerprint density at radius 1 is 0.963 bits per heavy atom. The second-order valence-electron chi connectivity index (χ2n) is 5.64. The van der Waals surface area contributed by atoms with Gasteiger partial charge in [-0.05, 0) is 68.3 Å². The molecule has 0 saturated heterocycles. The number of amides is 1. The molecule has 6 heteroatoms. The first-order chi connectivity index (χ1) is 13.2. The van der Waals surface area contributed by atoms with E-state index in [0.717, 1.165) is 17.7 Å². The van der Waals surface area contributed by atoms with E-state index in [4.69, 9.17) is 14.2 Å². The summed E-state index contributed by atoms with van der Waals surface area (Å²) < 4.78 is 16.6. The fourth-order valence-electron chi connectivity index (χ4n) is 2.30. The maximum absolute atomic E-state index is 12.2. The number of ether oxygens (including phenoxy) is 3. The number of nitrogens with one attached hydrogen (secondary N) is 1. The van der Waals surface area contributed by atoms with Crippen molar-refractivity contribution in [2.24, 2.45) is 5.10 Å². The summed E-state index contributed by atoms with van der Waals surface area (Å²) in [5.74, 6) is 1.79. The molecule has 0 fully saturated rings. The Hall–Kier alpha value is -3.02. The van der Waals surface area contributed by atoms with E-state index in [1.807, 2.05) is 39.0 Å². The number of hydrogen-bond acceptors (Lipinski definition) is 5.